The number of benzene rings is 1. The number of amides is 4. The van der Waals surface area contributed by atoms with Crippen LogP contribution in [0.2, 0.25) is 0 Å². The Labute approximate surface area is 97.2 Å². The van der Waals surface area contributed by atoms with Crippen LogP contribution in [0.4, 0.5) is 4.79 Å². The topological polar surface area (TPSA) is 101 Å². The molecule has 1 aliphatic heterocycles. The van der Waals surface area contributed by atoms with Crippen molar-refractivity contribution in [1.29, 1.82) is 0 Å². The number of carbonyl (C=O) groups excluding carboxylic acids is 3. The number of urea groups is 1. The van der Waals surface area contributed by atoms with Gasteiger partial charge in [-0.2, -0.15) is 0 Å². The Morgan fingerprint density at radius 1 is 1.24 bits per heavy atom. The summed E-state index contributed by atoms with van der Waals surface area (Å²) in [6.45, 7) is 1.59. The molecule has 6 heteroatoms. The van der Waals surface area contributed by atoms with E-state index < -0.39 is 23.4 Å². The van der Waals surface area contributed by atoms with Gasteiger partial charge in [0.1, 0.15) is 5.54 Å². The second-order valence-electron chi connectivity index (χ2n) is 3.97. The standard InChI is InChI=1S/C11H11N3O3/c1-11(9(16)13-10(17)14-11)7-4-2-6(3-5-7)8(12)15/h2-5H,1H3,(H2,12,15)(H2,13,14,16,17)/t11-/m0/s1. The van der Waals surface area contributed by atoms with E-state index in [1.807, 2.05) is 0 Å². The van der Waals surface area contributed by atoms with Crippen LogP contribution in [0.3, 0.4) is 0 Å². The summed E-state index contributed by atoms with van der Waals surface area (Å²) in [4.78, 5) is 33.6. The van der Waals surface area contributed by atoms with Crippen LogP contribution in [0.15, 0.2) is 24.3 Å². The highest BCUT2D eigenvalue weighted by molar-refractivity contribution is 6.07. The van der Waals surface area contributed by atoms with Gasteiger partial charge in [-0.05, 0) is 24.6 Å². The molecule has 4 amide bonds. The van der Waals surface area contributed by atoms with E-state index in [4.69, 9.17) is 5.73 Å². The molecule has 4 N–H and O–H groups in total. The maximum atomic E-state index is 11.6. The first-order chi connectivity index (χ1) is 7.93. The minimum absolute atomic E-state index is 0.349. The van der Waals surface area contributed by atoms with E-state index in [-0.39, 0.29) is 0 Å². The van der Waals surface area contributed by atoms with Crippen molar-refractivity contribution in [3.63, 3.8) is 0 Å². The van der Waals surface area contributed by atoms with Gasteiger partial charge in [-0.25, -0.2) is 4.79 Å². The molecule has 1 saturated heterocycles. The molecule has 1 atom stereocenters. The lowest BCUT2D eigenvalue weighted by Gasteiger charge is -2.20. The minimum Gasteiger partial charge on any atom is -0.366 e. The van der Waals surface area contributed by atoms with Gasteiger partial charge in [0.05, 0.1) is 0 Å². The molecule has 0 radical (unpaired) electrons. The Bertz CT molecular complexity index is 509. The summed E-state index contributed by atoms with van der Waals surface area (Å²) >= 11 is 0. The Balaban J connectivity index is 2.37. The van der Waals surface area contributed by atoms with Crippen molar-refractivity contribution in [3.05, 3.63) is 35.4 Å². The zero-order valence-corrected chi connectivity index (χ0v) is 9.11. The molecule has 1 aliphatic rings. The van der Waals surface area contributed by atoms with Crippen LogP contribution >= 0.6 is 0 Å². The van der Waals surface area contributed by atoms with E-state index in [0.29, 0.717) is 11.1 Å². The number of nitrogens with two attached hydrogens (primary N) is 1. The van der Waals surface area contributed by atoms with Gasteiger partial charge in [0.15, 0.2) is 0 Å². The van der Waals surface area contributed by atoms with Crippen LogP contribution in [0.5, 0.6) is 0 Å². The lowest BCUT2D eigenvalue weighted by molar-refractivity contribution is -0.123. The second kappa shape index (κ2) is 3.58. The third-order valence-electron chi connectivity index (χ3n) is 2.79. The predicted molar refractivity (Wildman–Crippen MR) is 59.0 cm³/mol. The smallest absolute Gasteiger partial charge is 0.322 e. The monoisotopic (exact) mass is 233 g/mol. The molecule has 0 bridgehead atoms. The van der Waals surface area contributed by atoms with Gasteiger partial charge < -0.3 is 11.1 Å². The molecule has 1 fully saturated rings. The van der Waals surface area contributed by atoms with E-state index in [0.717, 1.165) is 0 Å². The number of primary amides is 1. The fourth-order valence-corrected chi connectivity index (χ4v) is 1.71. The van der Waals surface area contributed by atoms with Gasteiger partial charge in [-0.1, -0.05) is 12.1 Å². The van der Waals surface area contributed by atoms with Crippen molar-refractivity contribution in [2.75, 3.05) is 0 Å². The van der Waals surface area contributed by atoms with Crippen LogP contribution in [-0.4, -0.2) is 17.8 Å². The van der Waals surface area contributed by atoms with E-state index in [1.54, 1.807) is 19.1 Å². The zero-order chi connectivity index (χ0) is 12.6. The molecule has 2 rings (SSSR count). The SMILES string of the molecule is C[C@@]1(c2ccc(C(N)=O)cc2)NC(=O)NC1=O. The number of nitrogens with one attached hydrogen (secondary N) is 2. The molecule has 0 aromatic heterocycles. The number of hydrogen-bond acceptors (Lipinski definition) is 3. The van der Waals surface area contributed by atoms with Gasteiger partial charge in [0.25, 0.3) is 5.91 Å². The number of carbonyl (C=O) groups is 3. The molecule has 88 valence electrons. The van der Waals surface area contributed by atoms with Crippen molar-refractivity contribution in [2.24, 2.45) is 5.73 Å². The minimum atomic E-state index is -1.10. The first kappa shape index (κ1) is 11.1. The van der Waals surface area contributed by atoms with Gasteiger partial charge >= 0.3 is 6.03 Å². The van der Waals surface area contributed by atoms with Crippen molar-refractivity contribution >= 4 is 17.8 Å². The Kier molecular flexibility index (Phi) is 2.35. The summed E-state index contributed by atoms with van der Waals surface area (Å²) in [7, 11) is 0. The van der Waals surface area contributed by atoms with Crippen LogP contribution < -0.4 is 16.4 Å². The number of hydrogen-bond donors (Lipinski definition) is 3. The van der Waals surface area contributed by atoms with Gasteiger partial charge in [-0.15, -0.1) is 0 Å². The summed E-state index contributed by atoms with van der Waals surface area (Å²) in [5, 5.41) is 4.69. The van der Waals surface area contributed by atoms with Crippen molar-refractivity contribution < 1.29 is 14.4 Å². The number of imide groups is 1. The van der Waals surface area contributed by atoms with Gasteiger partial charge in [-0.3, -0.25) is 14.9 Å². The van der Waals surface area contributed by atoms with E-state index in [1.165, 1.54) is 12.1 Å². The molecule has 1 aromatic rings. The normalized spacial score (nSPS) is 23.1. The van der Waals surface area contributed by atoms with Gasteiger partial charge in [0.2, 0.25) is 5.91 Å². The molecule has 6 nitrogen and oxygen atoms in total. The van der Waals surface area contributed by atoms with E-state index >= 15 is 0 Å². The molecule has 17 heavy (non-hydrogen) atoms. The van der Waals surface area contributed by atoms with Crippen LogP contribution in [-0.2, 0) is 10.3 Å². The third kappa shape index (κ3) is 1.73. The molecular weight excluding hydrogens is 222 g/mol. The predicted octanol–water partition coefficient (Wildman–Crippen LogP) is -0.160. The van der Waals surface area contributed by atoms with Gasteiger partial charge in [0, 0.05) is 5.56 Å². The maximum absolute atomic E-state index is 11.6. The first-order valence-corrected chi connectivity index (χ1v) is 4.97. The molecule has 0 saturated carbocycles. The van der Waals surface area contributed by atoms with Crippen LogP contribution in [0.1, 0.15) is 22.8 Å². The average Bonchev–Trinajstić information content (AvgIpc) is 2.54. The quantitative estimate of drug-likeness (QED) is 0.618. The Morgan fingerprint density at radius 2 is 1.82 bits per heavy atom. The summed E-state index contributed by atoms with van der Waals surface area (Å²) in [5.41, 5.74) is 4.95. The molecule has 0 aliphatic carbocycles. The number of rotatable bonds is 2. The van der Waals surface area contributed by atoms with Crippen molar-refractivity contribution in [2.45, 2.75) is 12.5 Å². The summed E-state index contributed by atoms with van der Waals surface area (Å²) in [5.74, 6) is -0.962. The molecular formula is C11H11N3O3. The average molecular weight is 233 g/mol. The van der Waals surface area contributed by atoms with E-state index in [9.17, 15) is 14.4 Å². The van der Waals surface area contributed by atoms with Crippen molar-refractivity contribution in [1.82, 2.24) is 10.6 Å². The molecule has 1 aromatic carbocycles. The fourth-order valence-electron chi connectivity index (χ4n) is 1.71. The molecule has 1 heterocycles. The van der Waals surface area contributed by atoms with E-state index in [2.05, 4.69) is 10.6 Å². The molecule has 0 spiro atoms. The fraction of sp³-hybridized carbons (Fsp3) is 0.182. The van der Waals surface area contributed by atoms with Crippen LogP contribution in [0, 0.1) is 0 Å². The Hall–Kier alpha value is -2.37. The zero-order valence-electron chi connectivity index (χ0n) is 9.11. The highest BCUT2D eigenvalue weighted by Gasteiger charge is 2.43. The summed E-state index contributed by atoms with van der Waals surface area (Å²) in [6.07, 6.45) is 0. The summed E-state index contributed by atoms with van der Waals surface area (Å²) < 4.78 is 0. The van der Waals surface area contributed by atoms with Crippen molar-refractivity contribution in [3.8, 4) is 0 Å². The largest absolute Gasteiger partial charge is 0.366 e. The highest BCUT2D eigenvalue weighted by atomic mass is 16.2. The highest BCUT2D eigenvalue weighted by Crippen LogP contribution is 2.24. The Morgan fingerprint density at radius 3 is 2.24 bits per heavy atom. The third-order valence-corrected chi connectivity index (χ3v) is 2.79. The molecule has 0 unspecified atom stereocenters. The second-order valence-corrected chi connectivity index (χ2v) is 3.97. The lowest BCUT2D eigenvalue weighted by atomic mass is 9.91. The maximum Gasteiger partial charge on any atom is 0.322 e. The lowest BCUT2D eigenvalue weighted by Crippen LogP contribution is -2.40. The van der Waals surface area contributed by atoms with Crippen LogP contribution in [0.25, 0.3) is 0 Å². The first-order valence-electron chi connectivity index (χ1n) is 4.97. The summed E-state index contributed by atoms with van der Waals surface area (Å²) in [6, 6.07) is 5.68.